The molecule has 1 aromatic rings. The molecule has 0 fully saturated rings. The molecule has 0 aliphatic carbocycles. The molecule has 0 atom stereocenters. The predicted molar refractivity (Wildman–Crippen MR) is 85.2 cm³/mol. The van der Waals surface area contributed by atoms with Gasteiger partial charge in [0, 0.05) is 0 Å². The average Bonchev–Trinajstić information content (AvgIpc) is 2.34. The molecule has 0 N–H and O–H groups in total. The summed E-state index contributed by atoms with van der Waals surface area (Å²) in [5.74, 6) is 0.676. The van der Waals surface area contributed by atoms with E-state index in [0.717, 1.165) is 0 Å². The van der Waals surface area contributed by atoms with Gasteiger partial charge in [-0.2, -0.15) is 0 Å². The van der Waals surface area contributed by atoms with Crippen LogP contribution in [0.25, 0.3) is 0 Å². The monoisotopic (exact) mass is 344 g/mol. The molecule has 4 heteroatoms. The molecule has 2 nitrogen and oxygen atoms in total. The summed E-state index contributed by atoms with van der Waals surface area (Å²) in [6, 6.07) is 10.4. The zero-order valence-electron chi connectivity index (χ0n) is 12.7. The zero-order chi connectivity index (χ0) is 14.5. The summed E-state index contributed by atoms with van der Waals surface area (Å²) in [6.07, 6.45) is 0. The molecule has 0 aliphatic heterocycles. The Hall–Kier alpha value is -0.704. The van der Waals surface area contributed by atoms with E-state index in [4.69, 9.17) is 9.16 Å². The van der Waals surface area contributed by atoms with Gasteiger partial charge in [-0.05, 0) is 0 Å². The summed E-state index contributed by atoms with van der Waals surface area (Å²) >= 11 is 0.245. The van der Waals surface area contributed by atoms with Gasteiger partial charge in [0.05, 0.1) is 0 Å². The van der Waals surface area contributed by atoms with Gasteiger partial charge in [-0.15, -0.1) is 0 Å². The SMILES string of the molecule is CO/C(=C\[Se]c1ccccc1)O[Si](C)(C)C(C)(C)C. The van der Waals surface area contributed by atoms with Gasteiger partial charge in [0.2, 0.25) is 0 Å². The van der Waals surface area contributed by atoms with E-state index in [-0.39, 0.29) is 20.0 Å². The number of rotatable bonds is 5. The van der Waals surface area contributed by atoms with Crippen LogP contribution < -0.4 is 4.46 Å². The van der Waals surface area contributed by atoms with E-state index in [9.17, 15) is 0 Å². The van der Waals surface area contributed by atoms with Crippen LogP contribution in [0.2, 0.25) is 18.1 Å². The van der Waals surface area contributed by atoms with E-state index in [0.29, 0.717) is 5.95 Å². The molecule has 0 aromatic heterocycles. The van der Waals surface area contributed by atoms with E-state index in [1.54, 1.807) is 7.11 Å². The third kappa shape index (κ3) is 5.05. The van der Waals surface area contributed by atoms with Crippen molar-refractivity contribution in [1.82, 2.24) is 0 Å². The first kappa shape index (κ1) is 16.4. The molecule has 0 unspecified atom stereocenters. The van der Waals surface area contributed by atoms with E-state index < -0.39 is 8.32 Å². The van der Waals surface area contributed by atoms with E-state index in [1.165, 1.54) is 4.46 Å². The Morgan fingerprint density at radius 1 is 1.16 bits per heavy atom. The second-order valence-electron chi connectivity index (χ2n) is 5.93. The summed E-state index contributed by atoms with van der Waals surface area (Å²) in [4.78, 5) is 2.09. The fraction of sp³-hybridized carbons (Fsp3) is 0.467. The standard InChI is InChI=1S/C15H24O2SeSi/c1-15(2,3)19(5,6)17-14(16-4)12-18-13-10-8-7-9-11-13/h7-12H,1-6H3/b14-12+. The molecule has 0 amide bonds. The Kier molecular flexibility index (Phi) is 5.72. The molecule has 19 heavy (non-hydrogen) atoms. The van der Waals surface area contributed by atoms with E-state index in [2.05, 4.69) is 63.1 Å². The Morgan fingerprint density at radius 2 is 1.74 bits per heavy atom. The minimum atomic E-state index is -1.81. The molecule has 0 heterocycles. The normalized spacial score (nSPS) is 13.3. The van der Waals surface area contributed by atoms with Crippen molar-refractivity contribution < 1.29 is 9.16 Å². The van der Waals surface area contributed by atoms with Gasteiger partial charge in [-0.25, -0.2) is 0 Å². The van der Waals surface area contributed by atoms with Gasteiger partial charge in [0.15, 0.2) is 0 Å². The fourth-order valence-corrected chi connectivity index (χ4v) is 3.73. The van der Waals surface area contributed by atoms with Crippen molar-refractivity contribution in [2.75, 3.05) is 7.11 Å². The molecule has 0 aliphatic rings. The van der Waals surface area contributed by atoms with E-state index in [1.807, 2.05) is 6.07 Å². The quantitative estimate of drug-likeness (QED) is 0.602. The van der Waals surface area contributed by atoms with Gasteiger partial charge < -0.3 is 0 Å². The zero-order valence-corrected chi connectivity index (χ0v) is 15.4. The van der Waals surface area contributed by atoms with Crippen molar-refractivity contribution in [2.45, 2.75) is 38.9 Å². The van der Waals surface area contributed by atoms with Crippen molar-refractivity contribution in [2.24, 2.45) is 0 Å². The number of methoxy groups -OCH3 is 1. The third-order valence-corrected chi connectivity index (χ3v) is 9.51. The topological polar surface area (TPSA) is 18.5 Å². The summed E-state index contributed by atoms with van der Waals surface area (Å²) in [5.41, 5.74) is 0. The Labute approximate surface area is 124 Å². The maximum atomic E-state index is 6.17. The van der Waals surface area contributed by atoms with Crippen molar-refractivity contribution in [3.8, 4) is 0 Å². The van der Waals surface area contributed by atoms with Crippen LogP contribution in [0.15, 0.2) is 41.3 Å². The van der Waals surface area contributed by atoms with Gasteiger partial charge in [-0.1, -0.05) is 0 Å². The number of hydrogen-bond acceptors (Lipinski definition) is 2. The van der Waals surface area contributed by atoms with Crippen molar-refractivity contribution in [3.63, 3.8) is 0 Å². The summed E-state index contributed by atoms with van der Waals surface area (Å²) in [6.45, 7) is 11.2. The summed E-state index contributed by atoms with van der Waals surface area (Å²) < 4.78 is 12.9. The van der Waals surface area contributed by atoms with Crippen molar-refractivity contribution in [1.29, 1.82) is 0 Å². The van der Waals surface area contributed by atoms with Crippen LogP contribution in [0.4, 0.5) is 0 Å². The van der Waals surface area contributed by atoms with Crippen LogP contribution >= 0.6 is 0 Å². The molecule has 0 spiro atoms. The van der Waals surface area contributed by atoms with Crippen LogP contribution in [0, 0.1) is 0 Å². The first-order valence-electron chi connectivity index (χ1n) is 6.41. The molecule has 0 saturated heterocycles. The van der Waals surface area contributed by atoms with Crippen LogP contribution in [0.3, 0.4) is 0 Å². The minimum absolute atomic E-state index is 0.185. The fourth-order valence-electron chi connectivity index (χ4n) is 1.13. The molecule has 1 aromatic carbocycles. The first-order chi connectivity index (χ1) is 8.76. The van der Waals surface area contributed by atoms with Gasteiger partial charge in [0.1, 0.15) is 0 Å². The molecular weight excluding hydrogens is 319 g/mol. The molecule has 106 valence electrons. The molecule has 1 rings (SSSR count). The van der Waals surface area contributed by atoms with Crippen LogP contribution in [-0.4, -0.2) is 30.4 Å². The number of ether oxygens (including phenoxy) is 1. The van der Waals surface area contributed by atoms with Gasteiger partial charge in [-0.3, -0.25) is 0 Å². The summed E-state index contributed by atoms with van der Waals surface area (Å²) in [7, 11) is -0.130. The third-order valence-electron chi connectivity index (χ3n) is 3.40. The maximum absolute atomic E-state index is 6.17. The average molecular weight is 343 g/mol. The summed E-state index contributed by atoms with van der Waals surface area (Å²) in [5, 5.41) is 0.185. The van der Waals surface area contributed by atoms with Crippen LogP contribution in [0.1, 0.15) is 20.8 Å². The van der Waals surface area contributed by atoms with Gasteiger partial charge >= 0.3 is 124 Å². The van der Waals surface area contributed by atoms with E-state index >= 15 is 0 Å². The Balaban J connectivity index is 2.74. The Morgan fingerprint density at radius 3 is 2.21 bits per heavy atom. The van der Waals surface area contributed by atoms with Gasteiger partial charge in [0.25, 0.3) is 0 Å². The molecule has 0 bridgehead atoms. The van der Waals surface area contributed by atoms with Crippen molar-refractivity contribution >= 4 is 27.7 Å². The van der Waals surface area contributed by atoms with Crippen molar-refractivity contribution in [3.05, 3.63) is 41.3 Å². The predicted octanol–water partition coefficient (Wildman–Crippen LogP) is 3.48. The molecular formula is C15H24O2SeSi. The number of benzene rings is 1. The Bertz CT molecular complexity index is 422. The first-order valence-corrected chi connectivity index (χ1v) is 11.2. The van der Waals surface area contributed by atoms with Crippen LogP contribution in [-0.2, 0) is 9.16 Å². The molecule has 0 radical (unpaired) electrons. The number of hydrogen-bond donors (Lipinski definition) is 0. The van der Waals surface area contributed by atoms with Crippen LogP contribution in [0.5, 0.6) is 0 Å². The second-order valence-corrected chi connectivity index (χ2v) is 12.6. The second kappa shape index (κ2) is 6.64. The molecule has 0 saturated carbocycles.